The second-order valence-electron chi connectivity index (χ2n) is 5.80. The summed E-state index contributed by atoms with van der Waals surface area (Å²) in [6, 6.07) is 13.7. The number of ether oxygens (including phenoxy) is 1. The van der Waals surface area contributed by atoms with E-state index < -0.39 is 0 Å². The third-order valence-electron chi connectivity index (χ3n) is 3.70. The van der Waals surface area contributed by atoms with Crippen molar-refractivity contribution in [2.75, 3.05) is 32.1 Å². The molecule has 0 saturated carbocycles. The van der Waals surface area contributed by atoms with Gasteiger partial charge in [0.15, 0.2) is 0 Å². The van der Waals surface area contributed by atoms with Gasteiger partial charge in [0.2, 0.25) is 0 Å². The Morgan fingerprint density at radius 2 is 1.96 bits per heavy atom. The van der Waals surface area contributed by atoms with Gasteiger partial charge in [-0.1, -0.05) is 30.3 Å². The summed E-state index contributed by atoms with van der Waals surface area (Å²) in [6.07, 6.45) is 2.51. The van der Waals surface area contributed by atoms with Crippen LogP contribution in [0.15, 0.2) is 48.7 Å². The first-order chi connectivity index (χ1) is 11.6. The molecule has 1 atom stereocenters. The predicted octanol–water partition coefficient (Wildman–Crippen LogP) is 3.05. The molecule has 1 amide bonds. The Balaban J connectivity index is 1.74. The van der Waals surface area contributed by atoms with Crippen LogP contribution in [0.3, 0.4) is 0 Å². The molecule has 5 heteroatoms. The molecule has 0 aliphatic carbocycles. The maximum Gasteiger partial charge on any atom is 0.255 e. The van der Waals surface area contributed by atoms with E-state index in [4.69, 9.17) is 4.74 Å². The van der Waals surface area contributed by atoms with Gasteiger partial charge in [0.1, 0.15) is 5.82 Å². The summed E-state index contributed by atoms with van der Waals surface area (Å²) in [7, 11) is 3.75. The fourth-order valence-electron chi connectivity index (χ4n) is 2.38. The summed E-state index contributed by atoms with van der Waals surface area (Å²) in [4.78, 5) is 18.3. The minimum atomic E-state index is -0.108. The lowest BCUT2D eigenvalue weighted by atomic mass is 10.1. The number of nitrogens with one attached hydrogen (secondary N) is 1. The first-order valence-corrected chi connectivity index (χ1v) is 8.16. The molecule has 0 fully saturated rings. The highest BCUT2D eigenvalue weighted by Gasteiger charge is 2.13. The third kappa shape index (κ3) is 5.06. The van der Waals surface area contributed by atoms with E-state index in [1.54, 1.807) is 18.3 Å². The topological polar surface area (TPSA) is 54.5 Å². The number of aromatic nitrogens is 1. The zero-order valence-electron chi connectivity index (χ0n) is 14.5. The minimum Gasteiger partial charge on any atom is -0.374 e. The van der Waals surface area contributed by atoms with Crippen molar-refractivity contribution in [1.82, 2.24) is 10.3 Å². The number of hydrogen-bond acceptors (Lipinski definition) is 4. The van der Waals surface area contributed by atoms with Crippen LogP contribution in [0.4, 0.5) is 5.82 Å². The third-order valence-corrected chi connectivity index (χ3v) is 3.70. The van der Waals surface area contributed by atoms with Crippen molar-refractivity contribution < 1.29 is 9.53 Å². The smallest absolute Gasteiger partial charge is 0.255 e. The Hall–Kier alpha value is -2.40. The Morgan fingerprint density at radius 3 is 2.67 bits per heavy atom. The lowest BCUT2D eigenvalue weighted by Crippen LogP contribution is -2.27. The summed E-state index contributed by atoms with van der Waals surface area (Å²) in [5, 5.41) is 2.92. The van der Waals surface area contributed by atoms with Crippen LogP contribution in [0.25, 0.3) is 0 Å². The van der Waals surface area contributed by atoms with E-state index >= 15 is 0 Å². The van der Waals surface area contributed by atoms with Crippen LogP contribution in [0, 0.1) is 0 Å². The first kappa shape index (κ1) is 17.9. The fourth-order valence-corrected chi connectivity index (χ4v) is 2.38. The van der Waals surface area contributed by atoms with Crippen LogP contribution < -0.4 is 10.2 Å². The number of pyridine rings is 1. The van der Waals surface area contributed by atoms with Gasteiger partial charge in [-0.3, -0.25) is 4.79 Å². The van der Waals surface area contributed by atoms with Gasteiger partial charge in [-0.2, -0.15) is 0 Å². The minimum absolute atomic E-state index is 0.0561. The highest BCUT2D eigenvalue weighted by Crippen LogP contribution is 2.16. The Labute approximate surface area is 143 Å². The van der Waals surface area contributed by atoms with Gasteiger partial charge in [0.25, 0.3) is 5.91 Å². The summed E-state index contributed by atoms with van der Waals surface area (Å²) < 4.78 is 5.81. The number of carbonyl (C=O) groups excluding carboxylic acids is 1. The second-order valence-corrected chi connectivity index (χ2v) is 5.80. The van der Waals surface area contributed by atoms with Crippen molar-refractivity contribution in [2.24, 2.45) is 0 Å². The average Bonchev–Trinajstić information content (AvgIpc) is 2.61. The lowest BCUT2D eigenvalue weighted by Gasteiger charge is -2.16. The molecule has 128 valence electrons. The first-order valence-electron chi connectivity index (χ1n) is 8.16. The van der Waals surface area contributed by atoms with E-state index in [1.165, 1.54) is 0 Å². The molecule has 2 rings (SSSR count). The number of rotatable bonds is 8. The molecule has 0 spiro atoms. The highest BCUT2D eigenvalue weighted by molar-refractivity contribution is 5.98. The van der Waals surface area contributed by atoms with Gasteiger partial charge in [-0.05, 0) is 31.0 Å². The van der Waals surface area contributed by atoms with Gasteiger partial charge in [-0.25, -0.2) is 4.98 Å². The van der Waals surface area contributed by atoms with Crippen LogP contribution >= 0.6 is 0 Å². The number of amides is 1. The number of hydrogen-bond donors (Lipinski definition) is 1. The zero-order chi connectivity index (χ0) is 17.4. The van der Waals surface area contributed by atoms with Gasteiger partial charge in [0, 0.05) is 33.4 Å². The Bertz CT molecular complexity index is 644. The quantitative estimate of drug-likeness (QED) is 0.757. The molecule has 5 nitrogen and oxygen atoms in total. The SMILES string of the molecule is C[C@H](OCCCNC(=O)c1cccnc1N(C)C)c1ccccc1. The normalized spacial score (nSPS) is 11.8. The standard InChI is InChI=1S/C19H25N3O2/c1-15(16-9-5-4-6-10-16)24-14-8-13-21-19(23)17-11-7-12-20-18(17)22(2)3/h4-7,9-12,15H,8,13-14H2,1-3H3,(H,21,23)/t15-/m0/s1. The largest absolute Gasteiger partial charge is 0.374 e. The predicted molar refractivity (Wildman–Crippen MR) is 96.3 cm³/mol. The molecule has 2 aromatic rings. The Morgan fingerprint density at radius 1 is 1.21 bits per heavy atom. The molecule has 0 aliphatic heterocycles. The molecule has 0 radical (unpaired) electrons. The Kier molecular flexibility index (Phi) is 6.75. The van der Waals surface area contributed by atoms with Gasteiger partial charge < -0.3 is 15.0 Å². The van der Waals surface area contributed by atoms with Crippen LogP contribution in [0.2, 0.25) is 0 Å². The summed E-state index contributed by atoms with van der Waals surface area (Å²) >= 11 is 0. The van der Waals surface area contributed by atoms with E-state index in [0.29, 0.717) is 24.5 Å². The number of carbonyl (C=O) groups is 1. The van der Waals surface area contributed by atoms with Gasteiger partial charge in [-0.15, -0.1) is 0 Å². The second kappa shape index (κ2) is 9.03. The number of nitrogens with zero attached hydrogens (tertiary/aromatic N) is 2. The highest BCUT2D eigenvalue weighted by atomic mass is 16.5. The van der Waals surface area contributed by atoms with Crippen molar-refractivity contribution in [3.05, 3.63) is 59.8 Å². The van der Waals surface area contributed by atoms with Crippen LogP contribution in [0.1, 0.15) is 35.4 Å². The number of anilines is 1. The summed E-state index contributed by atoms with van der Waals surface area (Å²) in [5.74, 6) is 0.562. The van der Waals surface area contributed by atoms with E-state index in [0.717, 1.165) is 12.0 Å². The maximum absolute atomic E-state index is 12.3. The van der Waals surface area contributed by atoms with Crippen molar-refractivity contribution in [3.8, 4) is 0 Å². The molecule has 0 unspecified atom stereocenters. The zero-order valence-corrected chi connectivity index (χ0v) is 14.5. The average molecular weight is 327 g/mol. The van der Waals surface area contributed by atoms with E-state index in [9.17, 15) is 4.79 Å². The van der Waals surface area contributed by atoms with E-state index in [2.05, 4.69) is 22.4 Å². The molecule has 1 aromatic heterocycles. The van der Waals surface area contributed by atoms with Crippen LogP contribution in [0.5, 0.6) is 0 Å². The molecule has 0 bridgehead atoms. The summed E-state index contributed by atoms with van der Waals surface area (Å²) in [5.41, 5.74) is 1.74. The van der Waals surface area contributed by atoms with Crippen molar-refractivity contribution >= 4 is 11.7 Å². The fraction of sp³-hybridized carbons (Fsp3) is 0.368. The molecular weight excluding hydrogens is 302 g/mol. The van der Waals surface area contributed by atoms with Gasteiger partial charge in [0.05, 0.1) is 11.7 Å². The number of benzene rings is 1. The van der Waals surface area contributed by atoms with Crippen LogP contribution in [-0.2, 0) is 4.74 Å². The van der Waals surface area contributed by atoms with E-state index in [-0.39, 0.29) is 12.0 Å². The molecule has 1 heterocycles. The molecule has 1 N–H and O–H groups in total. The van der Waals surface area contributed by atoms with Crippen molar-refractivity contribution in [3.63, 3.8) is 0 Å². The monoisotopic (exact) mass is 327 g/mol. The van der Waals surface area contributed by atoms with Gasteiger partial charge >= 0.3 is 0 Å². The lowest BCUT2D eigenvalue weighted by molar-refractivity contribution is 0.0635. The maximum atomic E-state index is 12.3. The molecule has 0 saturated heterocycles. The van der Waals surface area contributed by atoms with E-state index in [1.807, 2.05) is 44.1 Å². The molecular formula is C19H25N3O2. The van der Waals surface area contributed by atoms with Crippen molar-refractivity contribution in [2.45, 2.75) is 19.4 Å². The van der Waals surface area contributed by atoms with Crippen LogP contribution in [-0.4, -0.2) is 38.1 Å². The molecule has 1 aromatic carbocycles. The molecule has 24 heavy (non-hydrogen) atoms. The molecule has 0 aliphatic rings. The summed E-state index contributed by atoms with van der Waals surface area (Å²) in [6.45, 7) is 3.21. The van der Waals surface area contributed by atoms with Crippen molar-refractivity contribution in [1.29, 1.82) is 0 Å².